The fraction of sp³-hybridized carbons (Fsp3) is 0.118. The Kier molecular flexibility index (Phi) is 6.82. The number of rotatable bonds is 7. The average molecular weight is 417 g/mol. The van der Waals surface area contributed by atoms with E-state index in [4.69, 9.17) is 10.00 Å². The van der Waals surface area contributed by atoms with Crippen molar-refractivity contribution >= 4 is 33.7 Å². The Morgan fingerprint density at radius 1 is 1.38 bits per heavy atom. The number of ether oxygens (including phenoxy) is 1. The van der Waals surface area contributed by atoms with Crippen LogP contribution >= 0.6 is 15.9 Å². The van der Waals surface area contributed by atoms with Crippen molar-refractivity contribution in [3.8, 4) is 11.8 Å². The van der Waals surface area contributed by atoms with E-state index in [2.05, 4.69) is 26.5 Å². The predicted octanol–water partition coefficient (Wildman–Crippen LogP) is 3.30. The topological polar surface area (TPSA) is 118 Å². The number of nitro groups is 1. The number of hydrazone groups is 1. The van der Waals surface area contributed by atoms with Gasteiger partial charge in [-0.25, -0.2) is 5.43 Å². The maximum atomic E-state index is 11.1. The van der Waals surface area contributed by atoms with E-state index >= 15 is 0 Å². The van der Waals surface area contributed by atoms with Gasteiger partial charge in [0.15, 0.2) is 0 Å². The normalized spacial score (nSPS) is 10.3. The molecule has 0 atom stereocenters. The molecular formula is C17H13BrN4O4. The van der Waals surface area contributed by atoms with E-state index in [9.17, 15) is 14.9 Å². The van der Waals surface area contributed by atoms with Gasteiger partial charge in [-0.05, 0) is 45.3 Å². The number of amides is 1. The molecule has 0 fully saturated rings. The molecule has 0 heterocycles. The molecule has 0 radical (unpaired) electrons. The van der Waals surface area contributed by atoms with Crippen molar-refractivity contribution in [2.75, 3.05) is 0 Å². The molecule has 0 aliphatic heterocycles. The fourth-order valence-corrected chi connectivity index (χ4v) is 2.44. The van der Waals surface area contributed by atoms with Crippen LogP contribution in [0.15, 0.2) is 52.0 Å². The summed E-state index contributed by atoms with van der Waals surface area (Å²) in [5, 5.41) is 22.9. The van der Waals surface area contributed by atoms with Crippen LogP contribution in [0.1, 0.15) is 17.5 Å². The zero-order chi connectivity index (χ0) is 18.9. The minimum absolute atomic E-state index is 0.00942. The van der Waals surface area contributed by atoms with Crippen molar-refractivity contribution in [3.05, 3.63) is 68.2 Å². The maximum Gasteiger partial charge on any atom is 0.269 e. The number of nitriles is 1. The minimum atomic E-state index is -0.486. The number of hydrogen-bond donors (Lipinski definition) is 1. The molecule has 9 heteroatoms. The molecule has 0 aromatic heterocycles. The molecule has 26 heavy (non-hydrogen) atoms. The SMILES string of the molecule is N#CCC(=O)N/N=C/c1ccc(OCc2cccc([N+](=O)[O-])c2)c(Br)c1. The zero-order valence-electron chi connectivity index (χ0n) is 13.4. The Balaban J connectivity index is 1.98. The van der Waals surface area contributed by atoms with E-state index in [1.54, 1.807) is 36.4 Å². The number of carbonyl (C=O) groups is 1. The van der Waals surface area contributed by atoms with Crippen LogP contribution in [-0.2, 0) is 11.4 Å². The number of benzene rings is 2. The summed E-state index contributed by atoms with van der Waals surface area (Å²) in [6.45, 7) is 0.179. The summed E-state index contributed by atoms with van der Waals surface area (Å²) < 4.78 is 6.33. The fourth-order valence-electron chi connectivity index (χ4n) is 1.93. The molecule has 0 bridgehead atoms. The third-order valence-electron chi connectivity index (χ3n) is 3.11. The predicted molar refractivity (Wildman–Crippen MR) is 97.5 cm³/mol. The Bertz CT molecular complexity index is 893. The number of nitrogens with one attached hydrogen (secondary N) is 1. The first-order valence-corrected chi connectivity index (χ1v) is 8.13. The summed E-state index contributed by atoms with van der Waals surface area (Å²) in [7, 11) is 0. The quantitative estimate of drug-likeness (QED) is 0.421. The first-order valence-electron chi connectivity index (χ1n) is 7.34. The highest BCUT2D eigenvalue weighted by Crippen LogP contribution is 2.26. The first-order chi connectivity index (χ1) is 12.5. The summed E-state index contributed by atoms with van der Waals surface area (Å²) in [5.74, 6) is 0.0712. The van der Waals surface area contributed by atoms with Crippen LogP contribution in [0, 0.1) is 21.4 Å². The smallest absolute Gasteiger partial charge is 0.269 e. The average Bonchev–Trinajstić information content (AvgIpc) is 2.61. The Morgan fingerprint density at radius 2 is 2.19 bits per heavy atom. The van der Waals surface area contributed by atoms with E-state index in [0.717, 1.165) is 0 Å². The third kappa shape index (κ3) is 5.68. The molecule has 0 aliphatic rings. The van der Waals surface area contributed by atoms with Gasteiger partial charge in [-0.15, -0.1) is 0 Å². The number of nitro benzene ring substituents is 1. The summed E-state index contributed by atoms with van der Waals surface area (Å²) in [6.07, 6.45) is 1.18. The first kappa shape index (κ1) is 19.1. The molecule has 2 aromatic rings. The van der Waals surface area contributed by atoms with Crippen LogP contribution in [0.2, 0.25) is 0 Å². The van der Waals surface area contributed by atoms with E-state index in [-0.39, 0.29) is 18.7 Å². The highest BCUT2D eigenvalue weighted by atomic mass is 79.9. The van der Waals surface area contributed by atoms with Crippen molar-refractivity contribution in [2.45, 2.75) is 13.0 Å². The Labute approximate surface area is 157 Å². The minimum Gasteiger partial charge on any atom is -0.488 e. The van der Waals surface area contributed by atoms with Crippen molar-refractivity contribution in [3.63, 3.8) is 0 Å². The molecule has 0 unspecified atom stereocenters. The van der Waals surface area contributed by atoms with Crippen LogP contribution in [0.25, 0.3) is 0 Å². The summed E-state index contributed by atoms with van der Waals surface area (Å²) >= 11 is 3.38. The number of hydrogen-bond acceptors (Lipinski definition) is 6. The standard InChI is InChI=1S/C17H13BrN4O4/c18-15-9-12(10-20-21-17(23)6-7-19)4-5-16(15)26-11-13-2-1-3-14(8-13)22(24)25/h1-5,8-10H,6,11H2,(H,21,23)/b20-10+. The van der Waals surface area contributed by atoms with E-state index < -0.39 is 10.8 Å². The lowest BCUT2D eigenvalue weighted by atomic mass is 10.2. The summed E-state index contributed by atoms with van der Waals surface area (Å²) in [6, 6.07) is 13.1. The van der Waals surface area contributed by atoms with Gasteiger partial charge in [0.05, 0.1) is 21.7 Å². The zero-order valence-corrected chi connectivity index (χ0v) is 15.0. The lowest BCUT2D eigenvalue weighted by Gasteiger charge is -2.09. The van der Waals surface area contributed by atoms with Crippen molar-refractivity contribution in [1.29, 1.82) is 5.26 Å². The largest absolute Gasteiger partial charge is 0.488 e. The molecule has 1 amide bonds. The van der Waals surface area contributed by atoms with Gasteiger partial charge < -0.3 is 4.74 Å². The van der Waals surface area contributed by atoms with Crippen LogP contribution < -0.4 is 10.2 Å². The van der Waals surface area contributed by atoms with Gasteiger partial charge in [-0.2, -0.15) is 10.4 Å². The second-order valence-corrected chi connectivity index (χ2v) is 5.89. The molecule has 132 valence electrons. The number of non-ortho nitro benzene ring substituents is 1. The van der Waals surface area contributed by atoms with Crippen LogP contribution in [0.3, 0.4) is 0 Å². The lowest BCUT2D eigenvalue weighted by molar-refractivity contribution is -0.384. The monoisotopic (exact) mass is 416 g/mol. The highest BCUT2D eigenvalue weighted by molar-refractivity contribution is 9.10. The number of nitrogens with zero attached hydrogens (tertiary/aromatic N) is 3. The molecular weight excluding hydrogens is 404 g/mol. The lowest BCUT2D eigenvalue weighted by Crippen LogP contribution is -2.16. The molecule has 2 aromatic carbocycles. The summed E-state index contributed by atoms with van der Waals surface area (Å²) in [5.41, 5.74) is 3.63. The van der Waals surface area contributed by atoms with Crippen molar-refractivity contribution in [1.82, 2.24) is 5.43 Å². The van der Waals surface area contributed by atoms with E-state index in [1.807, 2.05) is 0 Å². The molecule has 2 rings (SSSR count). The molecule has 8 nitrogen and oxygen atoms in total. The second-order valence-electron chi connectivity index (χ2n) is 5.03. The third-order valence-corrected chi connectivity index (χ3v) is 3.73. The second kappa shape index (κ2) is 9.29. The van der Waals surface area contributed by atoms with Gasteiger partial charge >= 0.3 is 0 Å². The molecule has 0 saturated carbocycles. The van der Waals surface area contributed by atoms with Crippen molar-refractivity contribution < 1.29 is 14.5 Å². The van der Waals surface area contributed by atoms with Gasteiger partial charge in [-0.1, -0.05) is 12.1 Å². The molecule has 0 saturated heterocycles. The number of carbonyl (C=O) groups excluding carboxylic acids is 1. The van der Waals surface area contributed by atoms with E-state index in [0.29, 0.717) is 21.3 Å². The van der Waals surface area contributed by atoms with Crippen LogP contribution in [0.4, 0.5) is 5.69 Å². The van der Waals surface area contributed by atoms with Gasteiger partial charge in [0.1, 0.15) is 18.8 Å². The molecule has 1 N–H and O–H groups in total. The van der Waals surface area contributed by atoms with E-state index in [1.165, 1.54) is 18.3 Å². The maximum absolute atomic E-state index is 11.1. The van der Waals surface area contributed by atoms with Crippen LogP contribution in [-0.4, -0.2) is 17.0 Å². The Morgan fingerprint density at radius 3 is 2.88 bits per heavy atom. The van der Waals surface area contributed by atoms with Crippen LogP contribution in [0.5, 0.6) is 5.75 Å². The van der Waals surface area contributed by atoms with Crippen molar-refractivity contribution in [2.24, 2.45) is 5.10 Å². The van der Waals surface area contributed by atoms with Gasteiger partial charge in [0.2, 0.25) is 0 Å². The highest BCUT2D eigenvalue weighted by Gasteiger charge is 2.07. The van der Waals surface area contributed by atoms with Gasteiger partial charge in [-0.3, -0.25) is 14.9 Å². The molecule has 0 aliphatic carbocycles. The Hall–Kier alpha value is -3.25. The number of halogens is 1. The molecule has 0 spiro atoms. The summed E-state index contributed by atoms with van der Waals surface area (Å²) in [4.78, 5) is 21.5. The van der Waals surface area contributed by atoms with Gasteiger partial charge in [0, 0.05) is 12.1 Å². The van der Waals surface area contributed by atoms with Gasteiger partial charge in [0.25, 0.3) is 11.6 Å².